The highest BCUT2D eigenvalue weighted by Gasteiger charge is 2.05. The number of carbonyl (C=O) groups excluding carboxylic acids is 1. The molecule has 0 aliphatic carbocycles. The molecule has 24 heavy (non-hydrogen) atoms. The van der Waals surface area contributed by atoms with Gasteiger partial charge in [0.05, 0.1) is 6.21 Å². The highest BCUT2D eigenvalue weighted by atomic mass is 79.9. The van der Waals surface area contributed by atoms with Gasteiger partial charge in [0.15, 0.2) is 5.09 Å². The number of nitrogens with one attached hydrogen (secondary N) is 1. The summed E-state index contributed by atoms with van der Waals surface area (Å²) in [5.41, 5.74) is 2.97. The lowest BCUT2D eigenvalue weighted by Gasteiger charge is -1.99. The summed E-state index contributed by atoms with van der Waals surface area (Å²) in [6.45, 7) is 0. The minimum atomic E-state index is -0.297. The van der Waals surface area contributed by atoms with Crippen molar-refractivity contribution < 1.29 is 9.21 Å². The van der Waals surface area contributed by atoms with Crippen LogP contribution in [-0.4, -0.2) is 22.1 Å². The summed E-state index contributed by atoms with van der Waals surface area (Å²) in [5, 5.41) is 5.36. The second kappa shape index (κ2) is 7.89. The first kappa shape index (κ1) is 16.4. The molecule has 1 aromatic carbocycles. The van der Waals surface area contributed by atoms with Crippen LogP contribution in [-0.2, 0) is 0 Å². The van der Waals surface area contributed by atoms with Gasteiger partial charge in [-0.15, -0.1) is 0 Å². The molecule has 2 heterocycles. The number of carbonyl (C=O) groups is 1. The van der Waals surface area contributed by atoms with Gasteiger partial charge in [-0.05, 0) is 48.2 Å². The van der Waals surface area contributed by atoms with Gasteiger partial charge in [0.25, 0.3) is 5.91 Å². The lowest BCUT2D eigenvalue weighted by atomic mass is 10.2. The van der Waals surface area contributed by atoms with Gasteiger partial charge in [-0.1, -0.05) is 22.0 Å². The van der Waals surface area contributed by atoms with Crippen LogP contribution in [0.2, 0.25) is 0 Å². The van der Waals surface area contributed by atoms with Gasteiger partial charge in [-0.25, -0.2) is 15.4 Å². The van der Waals surface area contributed by atoms with E-state index in [1.54, 1.807) is 36.5 Å². The van der Waals surface area contributed by atoms with E-state index in [0.29, 0.717) is 16.4 Å². The van der Waals surface area contributed by atoms with Gasteiger partial charge < -0.3 is 4.42 Å². The van der Waals surface area contributed by atoms with Crippen LogP contribution in [0.3, 0.4) is 0 Å². The predicted molar refractivity (Wildman–Crippen MR) is 94.1 cm³/mol. The molecule has 0 saturated heterocycles. The normalized spacial score (nSPS) is 10.9. The van der Waals surface area contributed by atoms with Crippen LogP contribution < -0.4 is 5.43 Å². The van der Waals surface area contributed by atoms with Crippen LogP contribution >= 0.6 is 27.7 Å². The zero-order chi connectivity index (χ0) is 16.8. The number of rotatable bonds is 5. The van der Waals surface area contributed by atoms with Gasteiger partial charge in [0, 0.05) is 16.2 Å². The molecular weight excluding hydrogens is 392 g/mol. The Morgan fingerprint density at radius 3 is 3.00 bits per heavy atom. The van der Waals surface area contributed by atoms with E-state index in [4.69, 9.17) is 4.42 Å². The number of amides is 1. The monoisotopic (exact) mass is 402 g/mol. The summed E-state index contributed by atoms with van der Waals surface area (Å²) in [6.07, 6.45) is 4.59. The molecule has 0 aliphatic rings. The number of hydrogen-bond acceptors (Lipinski definition) is 6. The molecule has 0 bridgehead atoms. The SMILES string of the molecule is O=C(N/N=C/c1ccc(Sc2ccncn2)o1)c1cccc(Br)c1. The Morgan fingerprint density at radius 2 is 2.21 bits per heavy atom. The van der Waals surface area contributed by atoms with Gasteiger partial charge >= 0.3 is 0 Å². The summed E-state index contributed by atoms with van der Waals surface area (Å²) in [5.74, 6) is 0.232. The molecule has 0 saturated carbocycles. The van der Waals surface area contributed by atoms with E-state index < -0.39 is 0 Å². The molecule has 0 aliphatic heterocycles. The Bertz CT molecular complexity index is 867. The average molecular weight is 403 g/mol. The molecule has 0 radical (unpaired) electrons. The molecule has 0 spiro atoms. The van der Waals surface area contributed by atoms with E-state index in [2.05, 4.69) is 36.4 Å². The Balaban J connectivity index is 1.58. The number of benzene rings is 1. The maximum atomic E-state index is 11.9. The molecule has 1 N–H and O–H groups in total. The standard InChI is InChI=1S/C16H11BrN4O2S/c17-12-3-1-2-11(8-12)16(22)21-20-9-13-4-5-15(23-13)24-14-6-7-18-10-19-14/h1-10H,(H,21,22)/b20-9+. The highest BCUT2D eigenvalue weighted by Crippen LogP contribution is 2.26. The first-order valence-electron chi connectivity index (χ1n) is 6.83. The predicted octanol–water partition coefficient (Wildman–Crippen LogP) is 3.75. The summed E-state index contributed by atoms with van der Waals surface area (Å²) >= 11 is 4.70. The molecule has 6 nitrogen and oxygen atoms in total. The number of hydrazone groups is 1. The van der Waals surface area contributed by atoms with E-state index >= 15 is 0 Å². The fourth-order valence-corrected chi connectivity index (χ4v) is 2.86. The Labute approximate surface area is 150 Å². The van der Waals surface area contributed by atoms with Crippen LogP contribution in [0.4, 0.5) is 0 Å². The zero-order valence-corrected chi connectivity index (χ0v) is 14.6. The van der Waals surface area contributed by atoms with Crippen LogP contribution in [0.5, 0.6) is 0 Å². The molecule has 0 unspecified atom stereocenters. The fraction of sp³-hybridized carbons (Fsp3) is 0. The van der Waals surface area contributed by atoms with Crippen molar-refractivity contribution in [2.75, 3.05) is 0 Å². The number of furan rings is 1. The number of hydrogen-bond donors (Lipinski definition) is 1. The van der Waals surface area contributed by atoms with Gasteiger partial charge in [0.2, 0.25) is 0 Å². The van der Waals surface area contributed by atoms with Crippen LogP contribution in [0.25, 0.3) is 0 Å². The van der Waals surface area contributed by atoms with Crippen LogP contribution in [0.1, 0.15) is 16.1 Å². The van der Waals surface area contributed by atoms with Gasteiger partial charge in [-0.3, -0.25) is 4.79 Å². The lowest BCUT2D eigenvalue weighted by molar-refractivity contribution is 0.0955. The smallest absolute Gasteiger partial charge is 0.271 e. The van der Waals surface area contributed by atoms with Crippen molar-refractivity contribution in [2.24, 2.45) is 5.10 Å². The van der Waals surface area contributed by atoms with Crippen LogP contribution in [0.15, 0.2) is 79.1 Å². The number of nitrogens with zero attached hydrogens (tertiary/aromatic N) is 3. The largest absolute Gasteiger partial charge is 0.448 e. The third-order valence-corrected chi connectivity index (χ3v) is 4.17. The Morgan fingerprint density at radius 1 is 1.29 bits per heavy atom. The second-order valence-corrected chi connectivity index (χ2v) is 6.46. The molecule has 1 amide bonds. The van der Waals surface area contributed by atoms with Gasteiger partial charge in [0.1, 0.15) is 17.1 Å². The summed E-state index contributed by atoms with van der Waals surface area (Å²) in [4.78, 5) is 19.9. The maximum absolute atomic E-state index is 11.9. The summed E-state index contributed by atoms with van der Waals surface area (Å²) in [7, 11) is 0. The Hall–Kier alpha value is -2.45. The van der Waals surface area contributed by atoms with Crippen LogP contribution in [0, 0.1) is 0 Å². The first-order valence-corrected chi connectivity index (χ1v) is 8.44. The highest BCUT2D eigenvalue weighted by molar-refractivity contribution is 9.10. The topological polar surface area (TPSA) is 80.4 Å². The zero-order valence-electron chi connectivity index (χ0n) is 12.2. The summed E-state index contributed by atoms with van der Waals surface area (Å²) in [6, 6.07) is 12.4. The van der Waals surface area contributed by atoms with Crippen molar-refractivity contribution in [1.82, 2.24) is 15.4 Å². The van der Waals surface area contributed by atoms with Crippen molar-refractivity contribution in [3.8, 4) is 0 Å². The third kappa shape index (κ3) is 4.53. The molecule has 3 rings (SSSR count). The molecule has 120 valence electrons. The first-order chi connectivity index (χ1) is 11.7. The molecule has 2 aromatic heterocycles. The average Bonchev–Trinajstić information content (AvgIpc) is 3.03. The van der Waals surface area contributed by atoms with Crippen molar-refractivity contribution >= 4 is 39.8 Å². The minimum absolute atomic E-state index is 0.297. The van der Waals surface area contributed by atoms with Crippen molar-refractivity contribution in [3.63, 3.8) is 0 Å². The maximum Gasteiger partial charge on any atom is 0.271 e. The van der Waals surface area contributed by atoms with E-state index in [-0.39, 0.29) is 5.91 Å². The van der Waals surface area contributed by atoms with E-state index in [1.165, 1.54) is 24.3 Å². The summed E-state index contributed by atoms with van der Waals surface area (Å²) < 4.78 is 6.42. The molecule has 0 fully saturated rings. The fourth-order valence-electron chi connectivity index (χ4n) is 1.75. The number of aromatic nitrogens is 2. The van der Waals surface area contributed by atoms with E-state index in [0.717, 1.165) is 9.50 Å². The Kier molecular flexibility index (Phi) is 5.39. The third-order valence-electron chi connectivity index (χ3n) is 2.81. The van der Waals surface area contributed by atoms with Gasteiger partial charge in [-0.2, -0.15) is 5.10 Å². The second-order valence-electron chi connectivity index (χ2n) is 4.52. The van der Waals surface area contributed by atoms with Crippen molar-refractivity contribution in [1.29, 1.82) is 0 Å². The van der Waals surface area contributed by atoms with Crippen molar-refractivity contribution in [3.05, 3.63) is 70.8 Å². The lowest BCUT2D eigenvalue weighted by Crippen LogP contribution is -2.17. The molecule has 0 atom stereocenters. The molecular formula is C16H11BrN4O2S. The molecule has 8 heteroatoms. The van der Waals surface area contributed by atoms with E-state index in [1.807, 2.05) is 12.1 Å². The van der Waals surface area contributed by atoms with Crippen molar-refractivity contribution in [2.45, 2.75) is 10.1 Å². The minimum Gasteiger partial charge on any atom is -0.448 e. The van der Waals surface area contributed by atoms with E-state index in [9.17, 15) is 4.79 Å². The quantitative estimate of drug-likeness (QED) is 0.399. The molecule has 3 aromatic rings. The number of halogens is 1.